The van der Waals surface area contributed by atoms with E-state index in [1.165, 1.54) is 0 Å². The summed E-state index contributed by atoms with van der Waals surface area (Å²) in [5.74, 6) is -0.107. The first kappa shape index (κ1) is 15.6. The van der Waals surface area contributed by atoms with E-state index in [9.17, 15) is 4.79 Å². The predicted octanol–water partition coefficient (Wildman–Crippen LogP) is 4.67. The van der Waals surface area contributed by atoms with E-state index in [2.05, 4.69) is 26.6 Å². The molecule has 3 nitrogen and oxygen atoms in total. The molecule has 0 saturated heterocycles. The van der Waals surface area contributed by atoms with Gasteiger partial charge in [0.2, 0.25) is 0 Å². The first-order valence-electron chi connectivity index (χ1n) is 6.79. The van der Waals surface area contributed by atoms with Crippen molar-refractivity contribution < 1.29 is 4.79 Å². The van der Waals surface area contributed by atoms with E-state index in [4.69, 9.17) is 0 Å². The van der Waals surface area contributed by atoms with Crippen LogP contribution in [-0.4, -0.2) is 13.0 Å². The summed E-state index contributed by atoms with van der Waals surface area (Å²) in [6, 6.07) is 9.71. The van der Waals surface area contributed by atoms with E-state index in [-0.39, 0.29) is 5.91 Å². The van der Waals surface area contributed by atoms with Crippen molar-refractivity contribution in [3.63, 3.8) is 0 Å². The molecule has 0 atom stereocenters. The molecule has 0 aromatic heterocycles. The minimum atomic E-state index is -0.107. The molecule has 2 aromatic rings. The molecule has 0 aliphatic heterocycles. The number of rotatable bonds is 3. The summed E-state index contributed by atoms with van der Waals surface area (Å²) in [6.45, 7) is 6.00. The Hall–Kier alpha value is -1.81. The highest BCUT2D eigenvalue weighted by atomic mass is 79.9. The maximum atomic E-state index is 12.5. The Morgan fingerprint density at radius 2 is 1.67 bits per heavy atom. The number of halogens is 1. The van der Waals surface area contributed by atoms with Gasteiger partial charge in [0.25, 0.3) is 5.91 Å². The molecule has 0 bridgehead atoms. The maximum Gasteiger partial charge on any atom is 0.257 e. The predicted molar refractivity (Wildman–Crippen MR) is 92.3 cm³/mol. The zero-order valence-corrected chi connectivity index (χ0v) is 14.3. The Morgan fingerprint density at radius 3 is 2.24 bits per heavy atom. The van der Waals surface area contributed by atoms with Crippen LogP contribution in [0.2, 0.25) is 0 Å². The molecule has 2 aromatic carbocycles. The molecule has 0 saturated carbocycles. The van der Waals surface area contributed by atoms with Crippen LogP contribution in [0, 0.1) is 20.8 Å². The molecule has 4 heteroatoms. The fourth-order valence-electron chi connectivity index (χ4n) is 2.28. The molecule has 21 heavy (non-hydrogen) atoms. The van der Waals surface area contributed by atoms with Crippen LogP contribution < -0.4 is 10.6 Å². The average molecular weight is 347 g/mol. The summed E-state index contributed by atoms with van der Waals surface area (Å²) in [5.41, 5.74) is 5.54. The molecule has 0 heterocycles. The van der Waals surface area contributed by atoms with Crippen LogP contribution in [0.4, 0.5) is 11.4 Å². The Kier molecular flexibility index (Phi) is 4.68. The highest BCUT2D eigenvalue weighted by molar-refractivity contribution is 9.10. The third-order valence-electron chi connectivity index (χ3n) is 3.38. The molecule has 0 fully saturated rings. The summed E-state index contributed by atoms with van der Waals surface area (Å²) < 4.78 is 1.08. The number of hydrogen-bond acceptors (Lipinski definition) is 2. The SMILES string of the molecule is CNc1ccc(C)cc1C(=O)Nc1cc(C)c(Br)c(C)c1. The Labute approximate surface area is 133 Å². The summed E-state index contributed by atoms with van der Waals surface area (Å²) in [6.07, 6.45) is 0. The van der Waals surface area contributed by atoms with Gasteiger partial charge in [-0.05, 0) is 56.2 Å². The third-order valence-corrected chi connectivity index (χ3v) is 4.63. The van der Waals surface area contributed by atoms with Crippen molar-refractivity contribution in [2.75, 3.05) is 17.7 Å². The van der Waals surface area contributed by atoms with E-state index < -0.39 is 0 Å². The van der Waals surface area contributed by atoms with Crippen molar-refractivity contribution in [1.29, 1.82) is 0 Å². The summed E-state index contributed by atoms with van der Waals surface area (Å²) >= 11 is 3.53. The van der Waals surface area contributed by atoms with E-state index in [1.807, 2.05) is 58.2 Å². The van der Waals surface area contributed by atoms with Crippen molar-refractivity contribution in [3.8, 4) is 0 Å². The first-order chi connectivity index (χ1) is 9.92. The standard InChI is InChI=1S/C17H19BrN2O/c1-10-5-6-15(19-4)14(7-10)17(21)20-13-8-11(2)16(18)12(3)9-13/h5-9,19H,1-4H3,(H,20,21). The average Bonchev–Trinajstić information content (AvgIpc) is 2.44. The van der Waals surface area contributed by atoms with Crippen LogP contribution in [0.15, 0.2) is 34.8 Å². The van der Waals surface area contributed by atoms with Gasteiger partial charge in [0, 0.05) is 22.9 Å². The highest BCUT2D eigenvalue weighted by Crippen LogP contribution is 2.26. The van der Waals surface area contributed by atoms with Gasteiger partial charge in [0.1, 0.15) is 0 Å². The lowest BCUT2D eigenvalue weighted by Gasteiger charge is -2.12. The van der Waals surface area contributed by atoms with Gasteiger partial charge in [-0.3, -0.25) is 4.79 Å². The van der Waals surface area contributed by atoms with Crippen molar-refractivity contribution in [3.05, 3.63) is 57.1 Å². The van der Waals surface area contributed by atoms with Gasteiger partial charge in [-0.2, -0.15) is 0 Å². The fraction of sp³-hybridized carbons (Fsp3) is 0.235. The van der Waals surface area contributed by atoms with E-state index in [0.29, 0.717) is 5.56 Å². The Bertz CT molecular complexity index is 672. The minimum Gasteiger partial charge on any atom is -0.387 e. The van der Waals surface area contributed by atoms with Crippen LogP contribution in [0.3, 0.4) is 0 Å². The van der Waals surface area contributed by atoms with Crippen LogP contribution in [-0.2, 0) is 0 Å². The molecule has 0 aliphatic rings. The number of carbonyl (C=O) groups is 1. The maximum absolute atomic E-state index is 12.5. The summed E-state index contributed by atoms with van der Waals surface area (Å²) in [5, 5.41) is 6.02. The minimum absolute atomic E-state index is 0.107. The molecule has 110 valence electrons. The number of benzene rings is 2. The summed E-state index contributed by atoms with van der Waals surface area (Å²) in [7, 11) is 1.81. The zero-order chi connectivity index (χ0) is 15.6. The Balaban J connectivity index is 2.32. The molecular formula is C17H19BrN2O. The molecular weight excluding hydrogens is 328 g/mol. The third kappa shape index (κ3) is 3.45. The smallest absolute Gasteiger partial charge is 0.257 e. The van der Waals surface area contributed by atoms with Gasteiger partial charge in [0.05, 0.1) is 5.56 Å². The lowest BCUT2D eigenvalue weighted by Crippen LogP contribution is -2.14. The zero-order valence-electron chi connectivity index (χ0n) is 12.7. The molecule has 2 rings (SSSR count). The van der Waals surface area contributed by atoms with Crippen molar-refractivity contribution in [1.82, 2.24) is 0 Å². The lowest BCUT2D eigenvalue weighted by atomic mass is 10.1. The van der Waals surface area contributed by atoms with Crippen LogP contribution in [0.25, 0.3) is 0 Å². The largest absolute Gasteiger partial charge is 0.387 e. The number of carbonyl (C=O) groups excluding carboxylic acids is 1. The van der Waals surface area contributed by atoms with Crippen LogP contribution >= 0.6 is 15.9 Å². The van der Waals surface area contributed by atoms with Gasteiger partial charge in [-0.25, -0.2) is 0 Å². The van der Waals surface area contributed by atoms with Gasteiger partial charge < -0.3 is 10.6 Å². The number of hydrogen-bond donors (Lipinski definition) is 2. The quantitative estimate of drug-likeness (QED) is 0.847. The van der Waals surface area contributed by atoms with E-state index in [1.54, 1.807) is 0 Å². The van der Waals surface area contributed by atoms with Gasteiger partial charge in [-0.15, -0.1) is 0 Å². The molecule has 1 amide bonds. The van der Waals surface area contributed by atoms with Crippen molar-refractivity contribution in [2.45, 2.75) is 20.8 Å². The number of aryl methyl sites for hydroxylation is 3. The van der Waals surface area contributed by atoms with Crippen LogP contribution in [0.1, 0.15) is 27.0 Å². The highest BCUT2D eigenvalue weighted by Gasteiger charge is 2.12. The molecule has 0 spiro atoms. The molecule has 0 aliphatic carbocycles. The normalized spacial score (nSPS) is 10.3. The number of amides is 1. The first-order valence-corrected chi connectivity index (χ1v) is 7.58. The number of anilines is 2. The molecule has 0 radical (unpaired) electrons. The van der Waals surface area contributed by atoms with Gasteiger partial charge in [-0.1, -0.05) is 27.6 Å². The molecule has 2 N–H and O–H groups in total. The van der Waals surface area contributed by atoms with Gasteiger partial charge >= 0.3 is 0 Å². The van der Waals surface area contributed by atoms with Gasteiger partial charge in [0.15, 0.2) is 0 Å². The van der Waals surface area contributed by atoms with Crippen molar-refractivity contribution >= 4 is 33.2 Å². The van der Waals surface area contributed by atoms with Crippen molar-refractivity contribution in [2.24, 2.45) is 0 Å². The van der Waals surface area contributed by atoms with Crippen LogP contribution in [0.5, 0.6) is 0 Å². The Morgan fingerprint density at radius 1 is 1.05 bits per heavy atom. The second kappa shape index (κ2) is 6.31. The van der Waals surface area contributed by atoms with E-state index in [0.717, 1.165) is 32.5 Å². The lowest BCUT2D eigenvalue weighted by molar-refractivity contribution is 0.102. The number of nitrogens with one attached hydrogen (secondary N) is 2. The summed E-state index contributed by atoms with van der Waals surface area (Å²) in [4.78, 5) is 12.5. The monoisotopic (exact) mass is 346 g/mol. The topological polar surface area (TPSA) is 41.1 Å². The second-order valence-corrected chi connectivity index (χ2v) is 5.97. The second-order valence-electron chi connectivity index (χ2n) is 5.18. The fourth-order valence-corrected chi connectivity index (χ4v) is 2.51. The molecule has 0 unspecified atom stereocenters. The van der Waals surface area contributed by atoms with E-state index >= 15 is 0 Å².